The maximum atomic E-state index is 15.3. The van der Waals surface area contributed by atoms with Gasteiger partial charge in [-0.3, -0.25) is 0 Å². The van der Waals surface area contributed by atoms with Gasteiger partial charge in [-0.1, -0.05) is 42.5 Å². The molecule has 1 unspecified atom stereocenters. The number of hydrogen-bond donors (Lipinski definition) is 2. The van der Waals surface area contributed by atoms with Crippen molar-refractivity contribution in [1.29, 1.82) is 0 Å². The fourth-order valence-corrected chi connectivity index (χ4v) is 6.99. The number of hydrogen-bond acceptors (Lipinski definition) is 9. The molecule has 1 aliphatic carbocycles. The van der Waals surface area contributed by atoms with Gasteiger partial charge < -0.3 is 33.8 Å². The molecule has 55 heavy (non-hydrogen) atoms. The Kier molecular flexibility index (Phi) is 15.6. The minimum absolute atomic E-state index is 0.246. The fraction of sp³-hybridized carbons (Fsp3) is 0.571. The molecule has 3 fully saturated rings. The van der Waals surface area contributed by atoms with E-state index in [1.165, 1.54) is 25.0 Å². The van der Waals surface area contributed by atoms with E-state index in [9.17, 15) is 9.59 Å². The summed E-state index contributed by atoms with van der Waals surface area (Å²) in [6.45, 7) is 17.4. The third kappa shape index (κ3) is 13.2. The van der Waals surface area contributed by atoms with Crippen molar-refractivity contribution in [2.24, 2.45) is 0 Å². The molecule has 2 N–H and O–H groups in total. The second-order valence-corrected chi connectivity index (χ2v) is 17.4. The average Bonchev–Trinajstić information content (AvgIpc) is 3.70. The topological polar surface area (TPSA) is 98.4 Å². The summed E-state index contributed by atoms with van der Waals surface area (Å²) in [4.78, 5) is 26.2. The molecule has 1 saturated carbocycles. The number of piperidine rings is 1. The Morgan fingerprint density at radius 1 is 0.964 bits per heavy atom. The Balaban J connectivity index is 0.000000376. The summed E-state index contributed by atoms with van der Waals surface area (Å²) < 4.78 is 56.7. The molecule has 2 heterocycles. The highest BCUT2D eigenvalue weighted by Gasteiger charge is 2.52. The van der Waals surface area contributed by atoms with E-state index in [0.29, 0.717) is 10.4 Å². The molecule has 302 valence electrons. The van der Waals surface area contributed by atoms with Crippen molar-refractivity contribution in [2.75, 3.05) is 20.1 Å². The van der Waals surface area contributed by atoms with Gasteiger partial charge in [-0.25, -0.2) is 9.52 Å². The number of carbonyl (C=O) groups excluding carboxylic acids is 2. The number of aldehydes is 1. The highest BCUT2D eigenvalue weighted by Crippen LogP contribution is 2.37. The highest BCUT2D eigenvalue weighted by molar-refractivity contribution is 7.97. The smallest absolute Gasteiger partial charge is 0.490 e. The average molecular weight is 784 g/mol. The van der Waals surface area contributed by atoms with E-state index >= 15 is 8.78 Å². The van der Waals surface area contributed by atoms with Gasteiger partial charge in [-0.2, -0.15) is 8.78 Å². The first-order chi connectivity index (χ1) is 25.8. The summed E-state index contributed by atoms with van der Waals surface area (Å²) >= 11 is 0.995. The molecule has 2 aliphatic heterocycles. The number of alkyl halides is 2. The van der Waals surface area contributed by atoms with Crippen LogP contribution in [0.15, 0.2) is 71.3 Å². The van der Waals surface area contributed by atoms with Crippen LogP contribution in [-0.4, -0.2) is 79.5 Å². The quantitative estimate of drug-likeness (QED) is 0.0723. The summed E-state index contributed by atoms with van der Waals surface area (Å²) in [7, 11) is 1.45. The van der Waals surface area contributed by atoms with Crippen molar-refractivity contribution in [2.45, 2.75) is 140 Å². The van der Waals surface area contributed by atoms with Gasteiger partial charge in [0.15, 0.2) is 0 Å². The molecule has 0 bridgehead atoms. The van der Waals surface area contributed by atoms with Crippen LogP contribution in [0.3, 0.4) is 0 Å². The minimum atomic E-state index is -3.43. The standard InChI is InChI=1S/C31H38BF2NO4S.C11H22N2O2/c1-6-9-26(37-25-10-7-8-11-25)20-22-12-18-27(19-13-22)40-35-28(21-36)31(33,34)23-14-16-24(17-15-23)32-38-29(2,3)30(4,5)39-32;1-11(2,3)15-10(14)12-9-5-7-13(4)8-6-9/h6,9,12-21,25,28,35H,7-8,10-11H2,1-5H3;9H,5-8H2,1-4H3,(H,12,14)/b9-6-,26-20+;. The van der Waals surface area contributed by atoms with E-state index in [1.807, 2.05) is 97.9 Å². The van der Waals surface area contributed by atoms with E-state index in [2.05, 4.69) is 22.0 Å². The first-order valence-corrected chi connectivity index (χ1v) is 20.1. The zero-order valence-corrected chi connectivity index (χ0v) is 34.8. The van der Waals surface area contributed by atoms with Gasteiger partial charge in [0.2, 0.25) is 0 Å². The maximum absolute atomic E-state index is 15.3. The predicted octanol–water partition coefficient (Wildman–Crippen LogP) is 8.42. The fourth-order valence-electron chi connectivity index (χ4n) is 6.25. The summed E-state index contributed by atoms with van der Waals surface area (Å²) in [5.41, 5.74) is -0.154. The van der Waals surface area contributed by atoms with Crippen LogP contribution in [0.25, 0.3) is 6.08 Å². The van der Waals surface area contributed by atoms with E-state index < -0.39 is 35.9 Å². The first kappa shape index (κ1) is 44.5. The highest BCUT2D eigenvalue weighted by atomic mass is 32.2. The van der Waals surface area contributed by atoms with Crippen LogP contribution < -0.4 is 15.5 Å². The van der Waals surface area contributed by atoms with Crippen LogP contribution in [0.1, 0.15) is 105 Å². The van der Waals surface area contributed by atoms with Crippen molar-refractivity contribution >= 4 is 43.0 Å². The van der Waals surface area contributed by atoms with Crippen LogP contribution in [0, 0.1) is 0 Å². The molecule has 2 saturated heterocycles. The predicted molar refractivity (Wildman–Crippen MR) is 217 cm³/mol. The SMILES string of the molecule is C/C=C\C(=C/c1ccc(SNC(C=O)C(F)(F)c2ccc(B3OC(C)(C)C(C)(C)O3)cc2)cc1)OC1CCCC1.CN1CCC(NC(=O)OC(C)(C)C)CC1. The summed E-state index contributed by atoms with van der Waals surface area (Å²) in [6.07, 6.45) is 12.6. The van der Waals surface area contributed by atoms with Gasteiger partial charge in [0, 0.05) is 16.5 Å². The van der Waals surface area contributed by atoms with Crippen molar-refractivity contribution in [3.63, 3.8) is 0 Å². The van der Waals surface area contributed by atoms with Crippen LogP contribution in [-0.2, 0) is 29.5 Å². The Bertz CT molecular complexity index is 1580. The number of benzene rings is 2. The van der Waals surface area contributed by atoms with Gasteiger partial charge in [0.1, 0.15) is 23.7 Å². The normalized spacial score (nSPS) is 20.2. The number of amides is 1. The Hall–Kier alpha value is -3.23. The van der Waals surface area contributed by atoms with Gasteiger partial charge >= 0.3 is 13.2 Å². The van der Waals surface area contributed by atoms with Gasteiger partial charge in [-0.05, 0) is 161 Å². The minimum Gasteiger partial charge on any atom is -0.490 e. The Morgan fingerprint density at radius 3 is 2.07 bits per heavy atom. The van der Waals surface area contributed by atoms with E-state index in [1.54, 1.807) is 12.1 Å². The third-order valence-electron chi connectivity index (χ3n) is 10.2. The second kappa shape index (κ2) is 19.3. The molecule has 1 atom stereocenters. The van der Waals surface area contributed by atoms with Crippen LogP contribution in [0.5, 0.6) is 0 Å². The number of nitrogens with zero attached hydrogens (tertiary/aromatic N) is 1. The summed E-state index contributed by atoms with van der Waals surface area (Å²) in [5, 5.41) is 2.91. The van der Waals surface area contributed by atoms with Gasteiger partial charge in [0.05, 0.1) is 17.3 Å². The maximum Gasteiger partial charge on any atom is 0.494 e. The van der Waals surface area contributed by atoms with Crippen LogP contribution in [0.2, 0.25) is 0 Å². The molecule has 0 spiro atoms. The lowest BCUT2D eigenvalue weighted by atomic mass is 9.78. The number of alkyl carbamates (subject to hydrolysis) is 1. The molecule has 2 aromatic rings. The molecular formula is C42H60BF2N3O6S. The molecular weight excluding hydrogens is 723 g/mol. The number of ether oxygens (including phenoxy) is 2. The van der Waals surface area contributed by atoms with Gasteiger partial charge in [0.25, 0.3) is 5.92 Å². The van der Waals surface area contributed by atoms with Gasteiger partial charge in [-0.15, -0.1) is 0 Å². The van der Waals surface area contributed by atoms with Crippen LogP contribution in [0.4, 0.5) is 13.6 Å². The summed E-state index contributed by atoms with van der Waals surface area (Å²) in [5.74, 6) is -2.62. The molecule has 5 rings (SSSR count). The number of rotatable bonds is 12. The third-order valence-corrected chi connectivity index (χ3v) is 11.1. The lowest BCUT2D eigenvalue weighted by Crippen LogP contribution is -2.45. The largest absolute Gasteiger partial charge is 0.494 e. The van der Waals surface area contributed by atoms with Crippen molar-refractivity contribution in [1.82, 2.24) is 14.9 Å². The van der Waals surface area contributed by atoms with Crippen molar-refractivity contribution in [3.05, 3.63) is 77.6 Å². The molecule has 3 aliphatic rings. The molecule has 0 aromatic heterocycles. The molecule has 13 heteroatoms. The number of carbonyl (C=O) groups is 2. The molecule has 0 radical (unpaired) electrons. The zero-order valence-electron chi connectivity index (χ0n) is 34.0. The zero-order chi connectivity index (χ0) is 40.4. The van der Waals surface area contributed by atoms with Crippen molar-refractivity contribution < 1.29 is 37.2 Å². The number of nitrogens with one attached hydrogen (secondary N) is 2. The summed E-state index contributed by atoms with van der Waals surface area (Å²) in [6, 6.07) is 11.8. The Labute approximate surface area is 331 Å². The molecule has 2 aromatic carbocycles. The first-order valence-electron chi connectivity index (χ1n) is 19.3. The number of halogens is 2. The van der Waals surface area contributed by atoms with E-state index in [-0.39, 0.29) is 30.1 Å². The van der Waals surface area contributed by atoms with Crippen LogP contribution >= 0.6 is 11.9 Å². The molecule has 9 nitrogen and oxygen atoms in total. The lowest BCUT2D eigenvalue weighted by Gasteiger charge is -2.32. The molecule has 1 amide bonds. The lowest BCUT2D eigenvalue weighted by molar-refractivity contribution is -0.119. The Morgan fingerprint density at radius 2 is 1.55 bits per heavy atom. The second-order valence-electron chi connectivity index (χ2n) is 16.5. The van der Waals surface area contributed by atoms with Crippen molar-refractivity contribution in [3.8, 4) is 0 Å². The van der Waals surface area contributed by atoms with E-state index in [0.717, 1.165) is 62.0 Å². The van der Waals surface area contributed by atoms with E-state index in [4.69, 9.17) is 18.8 Å². The monoisotopic (exact) mass is 783 g/mol. The number of likely N-dealkylation sites (tertiary alicyclic amines) is 1. The number of allylic oxidation sites excluding steroid dienone is 2.